The second-order valence-electron chi connectivity index (χ2n) is 5.50. The standard InChI is InChI=1S/C16H25ClN2O2/c1-3-4-5-14(19-8-6-18-7-9-19)12-10-13(17)16(20)15(11-12)21-2/h10-11,14,18,20H,3-9H2,1-2H3/t14-/m1/s1. The molecule has 2 rings (SSSR count). The molecule has 118 valence electrons. The molecule has 1 aliphatic rings. The third-order valence-electron chi connectivity index (χ3n) is 4.08. The van der Waals surface area contributed by atoms with Gasteiger partial charge in [-0.1, -0.05) is 31.4 Å². The molecular formula is C16H25ClN2O2. The van der Waals surface area contributed by atoms with Crippen LogP contribution in [-0.2, 0) is 0 Å². The number of aromatic hydroxyl groups is 1. The molecule has 21 heavy (non-hydrogen) atoms. The Morgan fingerprint density at radius 3 is 2.71 bits per heavy atom. The van der Waals surface area contributed by atoms with E-state index in [0.717, 1.165) is 38.2 Å². The van der Waals surface area contributed by atoms with Crippen molar-refractivity contribution in [1.29, 1.82) is 0 Å². The monoisotopic (exact) mass is 312 g/mol. The molecule has 4 nitrogen and oxygen atoms in total. The number of unbranched alkanes of at least 4 members (excludes halogenated alkanes) is 1. The smallest absolute Gasteiger partial charge is 0.176 e. The number of halogens is 1. The number of benzene rings is 1. The summed E-state index contributed by atoms with van der Waals surface area (Å²) < 4.78 is 5.24. The van der Waals surface area contributed by atoms with Crippen LogP contribution in [0.15, 0.2) is 12.1 Å². The van der Waals surface area contributed by atoms with Gasteiger partial charge in [-0.2, -0.15) is 0 Å². The number of phenols is 1. The highest BCUT2D eigenvalue weighted by molar-refractivity contribution is 6.32. The van der Waals surface area contributed by atoms with Crippen LogP contribution in [0.2, 0.25) is 5.02 Å². The third kappa shape index (κ3) is 4.02. The van der Waals surface area contributed by atoms with Crippen LogP contribution >= 0.6 is 11.6 Å². The summed E-state index contributed by atoms with van der Waals surface area (Å²) in [6, 6.07) is 4.13. The van der Waals surface area contributed by atoms with Crippen molar-refractivity contribution in [2.75, 3.05) is 33.3 Å². The fourth-order valence-electron chi connectivity index (χ4n) is 2.89. The van der Waals surface area contributed by atoms with E-state index < -0.39 is 0 Å². The zero-order valence-electron chi connectivity index (χ0n) is 12.9. The highest BCUT2D eigenvalue weighted by Gasteiger charge is 2.23. The Morgan fingerprint density at radius 2 is 2.10 bits per heavy atom. The zero-order chi connectivity index (χ0) is 15.2. The molecule has 1 heterocycles. The first-order chi connectivity index (χ1) is 10.2. The van der Waals surface area contributed by atoms with Gasteiger partial charge in [0.2, 0.25) is 0 Å². The summed E-state index contributed by atoms with van der Waals surface area (Å²) in [5.74, 6) is 0.478. The third-order valence-corrected chi connectivity index (χ3v) is 4.37. The average molecular weight is 313 g/mol. The molecule has 0 aromatic heterocycles. The largest absolute Gasteiger partial charge is 0.503 e. The van der Waals surface area contributed by atoms with Crippen LogP contribution in [0.1, 0.15) is 37.8 Å². The highest BCUT2D eigenvalue weighted by Crippen LogP contribution is 2.39. The van der Waals surface area contributed by atoms with Crippen LogP contribution in [0, 0.1) is 0 Å². The first kappa shape index (κ1) is 16.4. The van der Waals surface area contributed by atoms with Gasteiger partial charge in [0, 0.05) is 32.2 Å². The summed E-state index contributed by atoms with van der Waals surface area (Å²) in [4.78, 5) is 2.49. The van der Waals surface area contributed by atoms with E-state index in [1.807, 2.05) is 12.1 Å². The van der Waals surface area contributed by atoms with Crippen molar-refractivity contribution in [2.45, 2.75) is 32.2 Å². The molecule has 1 aliphatic heterocycles. The molecule has 0 saturated carbocycles. The van der Waals surface area contributed by atoms with E-state index in [1.54, 1.807) is 7.11 Å². The van der Waals surface area contributed by atoms with Crippen molar-refractivity contribution in [3.05, 3.63) is 22.7 Å². The zero-order valence-corrected chi connectivity index (χ0v) is 13.6. The lowest BCUT2D eigenvalue weighted by molar-refractivity contribution is 0.163. The lowest BCUT2D eigenvalue weighted by atomic mass is 9.98. The summed E-state index contributed by atoms with van der Waals surface area (Å²) in [6.45, 7) is 6.32. The van der Waals surface area contributed by atoms with E-state index >= 15 is 0 Å². The van der Waals surface area contributed by atoms with Crippen LogP contribution in [-0.4, -0.2) is 43.3 Å². The summed E-state index contributed by atoms with van der Waals surface area (Å²) in [5, 5.41) is 13.7. The first-order valence-corrected chi connectivity index (χ1v) is 8.06. The van der Waals surface area contributed by atoms with Gasteiger partial charge >= 0.3 is 0 Å². The number of piperazine rings is 1. The number of methoxy groups -OCH3 is 1. The Hall–Kier alpha value is -0.970. The molecule has 1 atom stereocenters. The van der Waals surface area contributed by atoms with Gasteiger partial charge in [0.05, 0.1) is 12.1 Å². The van der Waals surface area contributed by atoms with Crippen molar-refractivity contribution in [3.63, 3.8) is 0 Å². The van der Waals surface area contributed by atoms with Crippen LogP contribution in [0.3, 0.4) is 0 Å². The fourth-order valence-corrected chi connectivity index (χ4v) is 3.11. The maximum atomic E-state index is 9.91. The van der Waals surface area contributed by atoms with Gasteiger partial charge in [0.25, 0.3) is 0 Å². The normalized spacial score (nSPS) is 17.7. The topological polar surface area (TPSA) is 44.7 Å². The lowest BCUT2D eigenvalue weighted by Crippen LogP contribution is -2.45. The predicted molar refractivity (Wildman–Crippen MR) is 86.4 cm³/mol. The van der Waals surface area contributed by atoms with Gasteiger partial charge in [-0.3, -0.25) is 4.90 Å². The SMILES string of the molecule is CCCC[C@H](c1cc(Cl)c(O)c(OC)c1)N1CCNCC1. The number of hydrogen-bond acceptors (Lipinski definition) is 4. The van der Waals surface area contributed by atoms with E-state index in [2.05, 4.69) is 17.1 Å². The van der Waals surface area contributed by atoms with Gasteiger partial charge in [-0.15, -0.1) is 0 Å². The maximum absolute atomic E-state index is 9.91. The van der Waals surface area contributed by atoms with E-state index in [4.69, 9.17) is 16.3 Å². The van der Waals surface area contributed by atoms with Crippen molar-refractivity contribution >= 4 is 11.6 Å². The molecule has 0 unspecified atom stereocenters. The van der Waals surface area contributed by atoms with Crippen LogP contribution < -0.4 is 10.1 Å². The second kappa shape index (κ2) is 7.87. The van der Waals surface area contributed by atoms with Crippen LogP contribution in [0.5, 0.6) is 11.5 Å². The van der Waals surface area contributed by atoms with Gasteiger partial charge < -0.3 is 15.2 Å². The van der Waals surface area contributed by atoms with Crippen LogP contribution in [0.4, 0.5) is 0 Å². The molecule has 0 radical (unpaired) electrons. The first-order valence-electron chi connectivity index (χ1n) is 7.68. The molecule has 0 bridgehead atoms. The summed E-state index contributed by atoms with van der Waals surface area (Å²) in [5.41, 5.74) is 1.13. The number of phenolic OH excluding ortho intramolecular Hbond substituents is 1. The molecule has 1 saturated heterocycles. The van der Waals surface area contributed by atoms with E-state index in [-0.39, 0.29) is 5.75 Å². The van der Waals surface area contributed by atoms with Crippen LogP contribution in [0.25, 0.3) is 0 Å². The molecule has 1 aromatic carbocycles. The molecule has 1 aromatic rings. The summed E-state index contributed by atoms with van der Waals surface area (Å²) in [6.07, 6.45) is 3.45. The van der Waals surface area contributed by atoms with Gasteiger partial charge in [-0.05, 0) is 24.1 Å². The Bertz CT molecular complexity index is 462. The Morgan fingerprint density at radius 1 is 1.38 bits per heavy atom. The molecule has 1 fully saturated rings. The number of hydrogen-bond donors (Lipinski definition) is 2. The molecule has 0 spiro atoms. The summed E-state index contributed by atoms with van der Waals surface area (Å²) in [7, 11) is 1.56. The van der Waals surface area contributed by atoms with Gasteiger partial charge in [-0.25, -0.2) is 0 Å². The second-order valence-corrected chi connectivity index (χ2v) is 5.90. The van der Waals surface area contributed by atoms with Crippen molar-refractivity contribution < 1.29 is 9.84 Å². The predicted octanol–water partition coefficient (Wildman–Crippen LogP) is 3.19. The quantitative estimate of drug-likeness (QED) is 0.847. The molecule has 2 N–H and O–H groups in total. The minimum atomic E-state index is 0.0254. The number of nitrogens with one attached hydrogen (secondary N) is 1. The molecule has 0 amide bonds. The van der Waals surface area contributed by atoms with Gasteiger partial charge in [0.1, 0.15) is 0 Å². The van der Waals surface area contributed by atoms with E-state index in [1.165, 1.54) is 12.8 Å². The lowest BCUT2D eigenvalue weighted by Gasteiger charge is -2.35. The fraction of sp³-hybridized carbons (Fsp3) is 0.625. The van der Waals surface area contributed by atoms with Crippen molar-refractivity contribution in [3.8, 4) is 11.5 Å². The van der Waals surface area contributed by atoms with E-state index in [9.17, 15) is 5.11 Å². The average Bonchev–Trinajstić information content (AvgIpc) is 2.52. The Kier molecular flexibility index (Phi) is 6.15. The highest BCUT2D eigenvalue weighted by atomic mass is 35.5. The van der Waals surface area contributed by atoms with Gasteiger partial charge in [0.15, 0.2) is 11.5 Å². The Balaban J connectivity index is 2.28. The minimum absolute atomic E-state index is 0.0254. The minimum Gasteiger partial charge on any atom is -0.503 e. The number of ether oxygens (including phenoxy) is 1. The molecule has 0 aliphatic carbocycles. The molecule has 5 heteroatoms. The van der Waals surface area contributed by atoms with Crippen molar-refractivity contribution in [2.24, 2.45) is 0 Å². The number of rotatable bonds is 6. The van der Waals surface area contributed by atoms with Crippen molar-refractivity contribution in [1.82, 2.24) is 10.2 Å². The Labute approximate surface area is 132 Å². The molecular weight excluding hydrogens is 288 g/mol. The number of nitrogens with zero attached hydrogens (tertiary/aromatic N) is 1. The summed E-state index contributed by atoms with van der Waals surface area (Å²) >= 11 is 6.15. The van der Waals surface area contributed by atoms with E-state index in [0.29, 0.717) is 16.8 Å². The maximum Gasteiger partial charge on any atom is 0.176 e.